The van der Waals surface area contributed by atoms with Crippen LogP contribution in [0, 0.1) is 0 Å². The molecular weight excluding hydrogens is 184 g/mol. The maximum Gasteiger partial charge on any atom is 0.240 e. The minimum atomic E-state index is 0.0256. The highest BCUT2D eigenvalue weighted by Crippen LogP contribution is 2.47. The van der Waals surface area contributed by atoms with Gasteiger partial charge in [-0.25, -0.2) is 0 Å². The number of hydrogen-bond acceptors (Lipinski definition) is 3. The van der Waals surface area contributed by atoms with E-state index in [1.54, 1.807) is 0 Å². The molecule has 3 nitrogen and oxygen atoms in total. The quantitative estimate of drug-likeness (QED) is 0.726. The minimum Gasteiger partial charge on any atom is -0.327 e. The maximum absolute atomic E-state index is 11.6. The number of amides is 1. The number of nitrogens with zero attached hydrogens (tertiary/aromatic N) is 1. The first-order chi connectivity index (χ1) is 6.17. The van der Waals surface area contributed by atoms with Crippen LogP contribution in [-0.4, -0.2) is 41.1 Å². The summed E-state index contributed by atoms with van der Waals surface area (Å²) in [5.41, 5.74) is 0. The first-order valence-electron chi connectivity index (χ1n) is 4.74. The van der Waals surface area contributed by atoms with Crippen molar-refractivity contribution in [2.75, 3.05) is 19.5 Å². The largest absolute Gasteiger partial charge is 0.327 e. The summed E-state index contributed by atoms with van der Waals surface area (Å²) in [4.78, 5) is 13.5. The summed E-state index contributed by atoms with van der Waals surface area (Å²) in [5.74, 6) is 0.264. The summed E-state index contributed by atoms with van der Waals surface area (Å²) < 4.78 is 0.404. The smallest absolute Gasteiger partial charge is 0.240 e. The second kappa shape index (κ2) is 3.17. The Hall–Kier alpha value is -0.220. The van der Waals surface area contributed by atoms with Crippen molar-refractivity contribution in [3.8, 4) is 0 Å². The van der Waals surface area contributed by atoms with Gasteiger partial charge in [0.05, 0.1) is 12.7 Å². The number of rotatable bonds is 3. The van der Waals surface area contributed by atoms with Gasteiger partial charge in [-0.15, -0.1) is 0 Å². The van der Waals surface area contributed by atoms with E-state index >= 15 is 0 Å². The Morgan fingerprint density at radius 2 is 2.38 bits per heavy atom. The number of carbonyl (C=O) groups excluding carboxylic acids is 1. The molecule has 2 fully saturated rings. The van der Waals surface area contributed by atoms with E-state index in [0.717, 1.165) is 13.2 Å². The molecule has 1 unspecified atom stereocenters. The van der Waals surface area contributed by atoms with Gasteiger partial charge in [-0.05, 0) is 26.0 Å². The van der Waals surface area contributed by atoms with Gasteiger partial charge >= 0.3 is 0 Å². The highest BCUT2D eigenvalue weighted by molar-refractivity contribution is 8.00. The third-order valence-electron chi connectivity index (χ3n) is 2.99. The number of thioether (sulfide) groups is 1. The molecule has 13 heavy (non-hydrogen) atoms. The molecular formula is C9H16N2OS. The maximum atomic E-state index is 11.6. The molecule has 0 radical (unpaired) electrons. The number of carbonyl (C=O) groups is 1. The van der Waals surface area contributed by atoms with E-state index in [4.69, 9.17) is 0 Å². The Labute approximate surface area is 83.2 Å². The fraction of sp³-hybridized carbons (Fsp3) is 0.889. The molecule has 0 bridgehead atoms. The van der Waals surface area contributed by atoms with Gasteiger partial charge < -0.3 is 4.90 Å². The van der Waals surface area contributed by atoms with Crippen molar-refractivity contribution in [2.45, 2.75) is 30.6 Å². The SMILES string of the molecule is CSC1(CN2CNC(C)C2=O)CC1. The Morgan fingerprint density at radius 3 is 2.77 bits per heavy atom. The molecule has 2 aliphatic rings. The van der Waals surface area contributed by atoms with E-state index < -0.39 is 0 Å². The van der Waals surface area contributed by atoms with Gasteiger partial charge in [0.25, 0.3) is 0 Å². The summed E-state index contributed by atoms with van der Waals surface area (Å²) in [6, 6.07) is 0.0256. The first-order valence-corrected chi connectivity index (χ1v) is 5.97. The lowest BCUT2D eigenvalue weighted by atomic mass is 10.3. The summed E-state index contributed by atoms with van der Waals surface area (Å²) in [7, 11) is 0. The normalized spacial score (nSPS) is 31.1. The summed E-state index contributed by atoms with van der Waals surface area (Å²) in [6.45, 7) is 3.60. The van der Waals surface area contributed by atoms with E-state index in [2.05, 4.69) is 11.6 Å². The van der Waals surface area contributed by atoms with Gasteiger partial charge in [-0.3, -0.25) is 10.1 Å². The fourth-order valence-electron chi connectivity index (χ4n) is 1.73. The molecule has 1 saturated carbocycles. The predicted molar refractivity (Wildman–Crippen MR) is 54.7 cm³/mol. The van der Waals surface area contributed by atoms with Gasteiger partial charge in [-0.2, -0.15) is 11.8 Å². The highest BCUT2D eigenvalue weighted by atomic mass is 32.2. The first kappa shape index (κ1) is 9.34. The van der Waals surface area contributed by atoms with E-state index in [9.17, 15) is 4.79 Å². The van der Waals surface area contributed by atoms with Crippen molar-refractivity contribution in [3.05, 3.63) is 0 Å². The minimum absolute atomic E-state index is 0.0256. The molecule has 4 heteroatoms. The van der Waals surface area contributed by atoms with Crippen LogP contribution >= 0.6 is 11.8 Å². The van der Waals surface area contributed by atoms with Crippen molar-refractivity contribution in [2.24, 2.45) is 0 Å². The summed E-state index contributed by atoms with van der Waals surface area (Å²) >= 11 is 1.91. The Morgan fingerprint density at radius 1 is 1.69 bits per heavy atom. The van der Waals surface area contributed by atoms with Crippen LogP contribution in [0.4, 0.5) is 0 Å². The second-order valence-electron chi connectivity index (χ2n) is 4.01. The molecule has 1 heterocycles. The monoisotopic (exact) mass is 200 g/mol. The molecule has 1 atom stereocenters. The Balaban J connectivity index is 1.92. The average Bonchev–Trinajstić information content (AvgIpc) is 2.85. The molecule has 1 aliphatic heterocycles. The molecule has 1 saturated heterocycles. The Kier molecular flexibility index (Phi) is 2.28. The molecule has 0 aromatic rings. The van der Waals surface area contributed by atoms with Crippen molar-refractivity contribution in [1.29, 1.82) is 0 Å². The molecule has 1 amide bonds. The van der Waals surface area contributed by atoms with Gasteiger partial charge in [0, 0.05) is 11.3 Å². The second-order valence-corrected chi connectivity index (χ2v) is 5.28. The Bertz CT molecular complexity index is 228. The number of hydrogen-bond donors (Lipinski definition) is 1. The van der Waals surface area contributed by atoms with Gasteiger partial charge in [0.2, 0.25) is 5.91 Å². The average molecular weight is 200 g/mol. The third-order valence-corrected chi connectivity index (χ3v) is 4.39. The zero-order valence-electron chi connectivity index (χ0n) is 8.17. The molecule has 0 aromatic carbocycles. The van der Waals surface area contributed by atoms with Crippen LogP contribution in [0.25, 0.3) is 0 Å². The lowest BCUT2D eigenvalue weighted by Crippen LogP contribution is -2.35. The lowest BCUT2D eigenvalue weighted by molar-refractivity contribution is -0.128. The molecule has 1 aliphatic carbocycles. The van der Waals surface area contributed by atoms with Crippen LogP contribution in [0.3, 0.4) is 0 Å². The zero-order valence-corrected chi connectivity index (χ0v) is 8.99. The molecule has 2 rings (SSSR count). The standard InChI is InChI=1S/C9H16N2OS/c1-7-8(12)11(6-10-7)5-9(13-2)3-4-9/h7,10H,3-6H2,1-2H3. The van der Waals surface area contributed by atoms with Crippen LogP contribution < -0.4 is 5.32 Å². The van der Waals surface area contributed by atoms with Crippen LogP contribution in [0.5, 0.6) is 0 Å². The van der Waals surface area contributed by atoms with Crippen LogP contribution in [0.15, 0.2) is 0 Å². The van der Waals surface area contributed by atoms with Crippen LogP contribution in [-0.2, 0) is 4.79 Å². The van der Waals surface area contributed by atoms with Crippen molar-refractivity contribution in [3.63, 3.8) is 0 Å². The molecule has 0 spiro atoms. The topological polar surface area (TPSA) is 32.3 Å². The predicted octanol–water partition coefficient (Wildman–Crippen LogP) is 0.660. The van der Waals surface area contributed by atoms with E-state index in [-0.39, 0.29) is 11.9 Å². The van der Waals surface area contributed by atoms with Crippen molar-refractivity contribution >= 4 is 17.7 Å². The fourth-order valence-corrected chi connectivity index (χ4v) is 2.53. The molecule has 0 aromatic heterocycles. The van der Waals surface area contributed by atoms with E-state index in [1.165, 1.54) is 12.8 Å². The third kappa shape index (κ3) is 1.70. The summed E-state index contributed by atoms with van der Waals surface area (Å²) in [5, 5.41) is 3.16. The van der Waals surface area contributed by atoms with Gasteiger partial charge in [0.1, 0.15) is 0 Å². The van der Waals surface area contributed by atoms with E-state index in [1.807, 2.05) is 23.6 Å². The van der Waals surface area contributed by atoms with Gasteiger partial charge in [0.15, 0.2) is 0 Å². The van der Waals surface area contributed by atoms with Crippen LogP contribution in [0.1, 0.15) is 19.8 Å². The molecule has 1 N–H and O–H groups in total. The number of nitrogens with one attached hydrogen (secondary N) is 1. The van der Waals surface area contributed by atoms with Crippen molar-refractivity contribution in [1.82, 2.24) is 10.2 Å². The van der Waals surface area contributed by atoms with E-state index in [0.29, 0.717) is 4.75 Å². The lowest BCUT2D eigenvalue weighted by Gasteiger charge is -2.21. The molecule has 74 valence electrons. The van der Waals surface area contributed by atoms with Crippen LogP contribution in [0.2, 0.25) is 0 Å². The zero-order chi connectivity index (χ0) is 9.47. The highest BCUT2D eigenvalue weighted by Gasteiger charge is 2.45. The summed E-state index contributed by atoms with van der Waals surface area (Å²) in [6.07, 6.45) is 4.68. The van der Waals surface area contributed by atoms with Gasteiger partial charge in [-0.1, -0.05) is 0 Å². The van der Waals surface area contributed by atoms with Crippen molar-refractivity contribution < 1.29 is 4.79 Å².